The Morgan fingerprint density at radius 3 is 2.48 bits per heavy atom. The van der Waals surface area contributed by atoms with Gasteiger partial charge in [0.1, 0.15) is 0 Å². The molecule has 29 heavy (non-hydrogen) atoms. The van der Waals surface area contributed by atoms with Crippen molar-refractivity contribution in [2.75, 3.05) is 5.73 Å². The fourth-order valence-electron chi connectivity index (χ4n) is 3.76. The minimum Gasteiger partial charge on any atom is -0.503 e. The molecule has 1 aromatic heterocycles. The number of nitrogens with one attached hydrogen (secondary N) is 2. The molecule has 8 heteroatoms. The van der Waals surface area contributed by atoms with Crippen LogP contribution in [0, 0.1) is 0 Å². The number of pyridine rings is 1. The van der Waals surface area contributed by atoms with Crippen molar-refractivity contribution in [2.24, 2.45) is 0 Å². The molecule has 1 saturated carbocycles. The van der Waals surface area contributed by atoms with Crippen molar-refractivity contribution in [1.82, 2.24) is 10.3 Å². The number of benzene rings is 2. The fourth-order valence-corrected chi connectivity index (χ4v) is 4.25. The van der Waals surface area contributed by atoms with E-state index in [1.165, 1.54) is 12.1 Å². The number of aromatic hydroxyl groups is 1. The van der Waals surface area contributed by atoms with Gasteiger partial charge >= 0.3 is 0 Å². The Bertz CT molecular complexity index is 1160. The van der Waals surface area contributed by atoms with Gasteiger partial charge in [-0.2, -0.15) is 0 Å². The smallest absolute Gasteiger partial charge is 0.253 e. The summed E-state index contributed by atoms with van der Waals surface area (Å²) in [6.45, 7) is 0. The SMILES string of the molecule is Nc1c(Cl)cc(-c2[nH]c3c(C(=O)NC4CCCC4)cccc3c(=O)c2O)cc1Cl. The first kappa shape index (κ1) is 19.6. The molecule has 0 unspecified atom stereocenters. The lowest BCUT2D eigenvalue weighted by Crippen LogP contribution is -2.32. The molecule has 1 aliphatic carbocycles. The quantitative estimate of drug-likeness (QED) is 0.458. The van der Waals surface area contributed by atoms with Gasteiger partial charge < -0.3 is 21.1 Å². The molecule has 0 radical (unpaired) electrons. The van der Waals surface area contributed by atoms with Crippen molar-refractivity contribution in [2.45, 2.75) is 31.7 Å². The third kappa shape index (κ3) is 3.54. The Kier molecular flexibility index (Phi) is 5.15. The zero-order valence-corrected chi connectivity index (χ0v) is 16.9. The van der Waals surface area contributed by atoms with Crippen molar-refractivity contribution in [3.05, 3.63) is 56.2 Å². The van der Waals surface area contributed by atoms with E-state index in [0.29, 0.717) is 16.6 Å². The minimum atomic E-state index is -0.590. The number of para-hydroxylation sites is 1. The molecule has 6 nitrogen and oxygen atoms in total. The number of carbonyl (C=O) groups is 1. The Morgan fingerprint density at radius 2 is 1.83 bits per heavy atom. The summed E-state index contributed by atoms with van der Waals surface area (Å²) < 4.78 is 0. The molecule has 0 spiro atoms. The molecule has 0 saturated heterocycles. The number of carbonyl (C=O) groups excluding carboxylic acids is 1. The van der Waals surface area contributed by atoms with Crippen LogP contribution in [0.4, 0.5) is 5.69 Å². The van der Waals surface area contributed by atoms with E-state index < -0.39 is 11.2 Å². The van der Waals surface area contributed by atoms with E-state index >= 15 is 0 Å². The van der Waals surface area contributed by atoms with Crippen LogP contribution in [-0.4, -0.2) is 22.0 Å². The van der Waals surface area contributed by atoms with Gasteiger partial charge in [0.2, 0.25) is 5.43 Å². The summed E-state index contributed by atoms with van der Waals surface area (Å²) in [4.78, 5) is 28.7. The average molecular weight is 432 g/mol. The van der Waals surface area contributed by atoms with Crippen LogP contribution in [0.2, 0.25) is 10.0 Å². The molecule has 1 heterocycles. The van der Waals surface area contributed by atoms with Gasteiger partial charge in [-0.15, -0.1) is 0 Å². The summed E-state index contributed by atoms with van der Waals surface area (Å²) in [6.07, 6.45) is 4.07. The highest BCUT2D eigenvalue weighted by Gasteiger charge is 2.22. The number of nitrogens with two attached hydrogens (primary N) is 1. The zero-order chi connectivity index (χ0) is 20.7. The first-order valence-corrected chi connectivity index (χ1v) is 10.1. The van der Waals surface area contributed by atoms with E-state index in [9.17, 15) is 14.7 Å². The van der Waals surface area contributed by atoms with Gasteiger partial charge in [-0.25, -0.2) is 0 Å². The summed E-state index contributed by atoms with van der Waals surface area (Å²) in [6, 6.07) is 7.97. The van der Waals surface area contributed by atoms with E-state index in [0.717, 1.165) is 25.7 Å². The molecule has 0 bridgehead atoms. The summed E-state index contributed by atoms with van der Waals surface area (Å²) in [7, 11) is 0. The molecule has 2 aromatic carbocycles. The van der Waals surface area contributed by atoms with E-state index in [1.54, 1.807) is 18.2 Å². The Hall–Kier alpha value is -2.70. The largest absolute Gasteiger partial charge is 0.503 e. The molecule has 3 aromatic rings. The predicted molar refractivity (Wildman–Crippen MR) is 116 cm³/mol. The van der Waals surface area contributed by atoms with Crippen LogP contribution in [0.1, 0.15) is 36.0 Å². The molecular weight excluding hydrogens is 413 g/mol. The minimum absolute atomic E-state index is 0.118. The maximum atomic E-state index is 12.9. The molecular formula is C21H19Cl2N3O3. The summed E-state index contributed by atoms with van der Waals surface area (Å²) >= 11 is 12.2. The molecule has 1 amide bonds. The van der Waals surface area contributed by atoms with E-state index in [4.69, 9.17) is 28.9 Å². The summed E-state index contributed by atoms with van der Waals surface area (Å²) in [5.74, 6) is -0.745. The van der Waals surface area contributed by atoms with Gasteiger partial charge in [0.05, 0.1) is 37.9 Å². The standard InChI is InChI=1S/C21H19Cl2N3O3/c22-14-8-10(9-15(23)16(14)24)17-20(28)19(27)12-6-3-7-13(18(12)26-17)21(29)25-11-4-1-2-5-11/h3,6-9,11,28H,1-2,4-5,24H2,(H,25,29)(H,26,27). The number of hydrogen-bond acceptors (Lipinski definition) is 4. The Morgan fingerprint density at radius 1 is 1.17 bits per heavy atom. The number of H-pyrrole nitrogens is 1. The predicted octanol–water partition coefficient (Wildman–Crippen LogP) is 4.46. The third-order valence-electron chi connectivity index (χ3n) is 5.31. The molecule has 4 rings (SSSR count). The third-order valence-corrected chi connectivity index (χ3v) is 5.94. The first-order valence-electron chi connectivity index (χ1n) is 9.30. The van der Waals surface area contributed by atoms with Gasteiger partial charge in [0.25, 0.3) is 5.91 Å². The van der Waals surface area contributed by atoms with Crippen LogP contribution in [-0.2, 0) is 0 Å². The molecule has 1 fully saturated rings. The van der Waals surface area contributed by atoms with Crippen molar-refractivity contribution in [1.29, 1.82) is 0 Å². The number of aromatic nitrogens is 1. The monoisotopic (exact) mass is 431 g/mol. The lowest BCUT2D eigenvalue weighted by molar-refractivity contribution is 0.0939. The second kappa shape index (κ2) is 7.61. The van der Waals surface area contributed by atoms with Gasteiger partial charge in [0.15, 0.2) is 5.75 Å². The topological polar surface area (TPSA) is 108 Å². The van der Waals surface area contributed by atoms with Crippen LogP contribution in [0.5, 0.6) is 5.75 Å². The fraction of sp³-hybridized carbons (Fsp3) is 0.238. The van der Waals surface area contributed by atoms with E-state index in [2.05, 4.69) is 10.3 Å². The van der Waals surface area contributed by atoms with Crippen molar-refractivity contribution in [3.8, 4) is 17.0 Å². The second-order valence-electron chi connectivity index (χ2n) is 7.21. The number of rotatable bonds is 3. The number of hydrogen-bond donors (Lipinski definition) is 4. The normalized spacial score (nSPS) is 14.4. The van der Waals surface area contributed by atoms with Crippen molar-refractivity contribution >= 4 is 45.7 Å². The highest BCUT2D eigenvalue weighted by Crippen LogP contribution is 2.36. The number of nitrogen functional groups attached to an aromatic ring is 1. The summed E-state index contributed by atoms with van der Waals surface area (Å²) in [5, 5.41) is 14.1. The van der Waals surface area contributed by atoms with Crippen LogP contribution < -0.4 is 16.5 Å². The van der Waals surface area contributed by atoms with Gasteiger partial charge in [-0.1, -0.05) is 42.1 Å². The first-order chi connectivity index (χ1) is 13.9. The van der Waals surface area contributed by atoms with Crippen molar-refractivity contribution < 1.29 is 9.90 Å². The Labute approximate surface area is 176 Å². The Balaban J connectivity index is 1.88. The van der Waals surface area contributed by atoms with Gasteiger partial charge in [0, 0.05) is 11.6 Å². The van der Waals surface area contributed by atoms with Crippen LogP contribution >= 0.6 is 23.2 Å². The lowest BCUT2D eigenvalue weighted by atomic mass is 10.0. The molecule has 1 aliphatic rings. The zero-order valence-electron chi connectivity index (χ0n) is 15.4. The molecule has 0 atom stereocenters. The van der Waals surface area contributed by atoms with Crippen LogP contribution in [0.25, 0.3) is 22.2 Å². The van der Waals surface area contributed by atoms with Crippen LogP contribution in [0.15, 0.2) is 35.1 Å². The maximum Gasteiger partial charge on any atom is 0.253 e. The van der Waals surface area contributed by atoms with Crippen LogP contribution in [0.3, 0.4) is 0 Å². The number of amides is 1. The van der Waals surface area contributed by atoms with Gasteiger partial charge in [-0.3, -0.25) is 9.59 Å². The highest BCUT2D eigenvalue weighted by atomic mass is 35.5. The lowest BCUT2D eigenvalue weighted by Gasteiger charge is -2.15. The molecule has 0 aliphatic heterocycles. The summed E-state index contributed by atoms with van der Waals surface area (Å²) in [5.41, 5.74) is 6.57. The highest BCUT2D eigenvalue weighted by molar-refractivity contribution is 6.39. The number of halogens is 2. The average Bonchev–Trinajstić information content (AvgIpc) is 3.21. The second-order valence-corrected chi connectivity index (χ2v) is 8.03. The van der Waals surface area contributed by atoms with Gasteiger partial charge in [-0.05, 0) is 37.1 Å². The van der Waals surface area contributed by atoms with E-state index in [1.807, 2.05) is 0 Å². The maximum absolute atomic E-state index is 12.9. The molecule has 5 N–H and O–H groups in total. The number of aromatic amines is 1. The number of fused-ring (bicyclic) bond motifs is 1. The van der Waals surface area contributed by atoms with Crippen molar-refractivity contribution in [3.63, 3.8) is 0 Å². The molecule has 150 valence electrons. The van der Waals surface area contributed by atoms with E-state index in [-0.39, 0.29) is 38.8 Å². The number of anilines is 1.